The summed E-state index contributed by atoms with van der Waals surface area (Å²) < 4.78 is 16.7. The van der Waals surface area contributed by atoms with Gasteiger partial charge >= 0.3 is 17.9 Å². The monoisotopic (exact) mass is 847 g/mol. The molecule has 0 aliphatic rings. The van der Waals surface area contributed by atoms with Crippen molar-refractivity contribution in [3.8, 4) is 0 Å². The van der Waals surface area contributed by atoms with Crippen LogP contribution in [0.2, 0.25) is 0 Å². The highest BCUT2D eigenvalue weighted by molar-refractivity contribution is 5.71. The van der Waals surface area contributed by atoms with Gasteiger partial charge in [0.15, 0.2) is 6.10 Å². The molecule has 1 unspecified atom stereocenters. The number of hydrogen-bond acceptors (Lipinski definition) is 6. The lowest BCUT2D eigenvalue weighted by molar-refractivity contribution is -0.166. The summed E-state index contributed by atoms with van der Waals surface area (Å²) in [6.07, 6.45) is 64.0. The first-order valence-corrected chi connectivity index (χ1v) is 24.7. The molecule has 0 aromatic heterocycles. The summed E-state index contributed by atoms with van der Waals surface area (Å²) in [5.41, 5.74) is 0. The first kappa shape index (κ1) is 57.3. The second-order valence-corrected chi connectivity index (χ2v) is 16.0. The van der Waals surface area contributed by atoms with Gasteiger partial charge in [-0.25, -0.2) is 0 Å². The van der Waals surface area contributed by atoms with Crippen molar-refractivity contribution in [3.05, 3.63) is 97.2 Å². The van der Waals surface area contributed by atoms with Crippen molar-refractivity contribution in [2.24, 2.45) is 0 Å². The van der Waals surface area contributed by atoms with Crippen LogP contribution >= 0.6 is 0 Å². The predicted octanol–water partition coefficient (Wildman–Crippen LogP) is 16.2. The van der Waals surface area contributed by atoms with Gasteiger partial charge in [0.2, 0.25) is 0 Å². The van der Waals surface area contributed by atoms with E-state index >= 15 is 0 Å². The zero-order chi connectivity index (χ0) is 44.4. The second kappa shape index (κ2) is 49.0. The van der Waals surface area contributed by atoms with Gasteiger partial charge < -0.3 is 14.2 Å². The normalized spacial score (nSPS) is 12.9. The Balaban J connectivity index is 4.50. The highest BCUT2D eigenvalue weighted by Crippen LogP contribution is 2.12. The minimum atomic E-state index is -0.814. The molecular weight excluding hydrogens is 757 g/mol. The molecule has 0 aromatic carbocycles. The molecule has 0 heterocycles. The number of ether oxygens (including phenoxy) is 3. The van der Waals surface area contributed by atoms with Crippen LogP contribution in [0.4, 0.5) is 0 Å². The van der Waals surface area contributed by atoms with Crippen LogP contribution in [-0.4, -0.2) is 37.2 Å². The first-order valence-electron chi connectivity index (χ1n) is 24.7. The fraction of sp³-hybridized carbons (Fsp3) is 0.655. The topological polar surface area (TPSA) is 78.9 Å². The number of esters is 3. The molecule has 61 heavy (non-hydrogen) atoms. The summed E-state index contributed by atoms with van der Waals surface area (Å²) in [4.78, 5) is 37.8. The molecule has 0 rings (SSSR count). The van der Waals surface area contributed by atoms with Crippen LogP contribution in [-0.2, 0) is 28.6 Å². The molecule has 0 aliphatic carbocycles. The van der Waals surface area contributed by atoms with E-state index in [4.69, 9.17) is 14.2 Å². The van der Waals surface area contributed by atoms with Crippen LogP contribution in [0.15, 0.2) is 97.2 Å². The third-order valence-corrected chi connectivity index (χ3v) is 10.0. The smallest absolute Gasteiger partial charge is 0.306 e. The summed E-state index contributed by atoms with van der Waals surface area (Å²) in [5.74, 6) is -1.02. The first-order chi connectivity index (χ1) is 30.0. The molecule has 0 spiro atoms. The number of allylic oxidation sites excluding steroid dienone is 16. The van der Waals surface area contributed by atoms with Gasteiger partial charge in [-0.05, 0) is 103 Å². The van der Waals surface area contributed by atoms with Gasteiger partial charge in [0.1, 0.15) is 13.2 Å². The molecule has 0 bridgehead atoms. The Bertz CT molecular complexity index is 1250. The largest absolute Gasteiger partial charge is 0.462 e. The number of carbonyl (C=O) groups is 3. The fourth-order valence-corrected chi connectivity index (χ4v) is 6.35. The van der Waals surface area contributed by atoms with Crippen LogP contribution in [0, 0.1) is 0 Å². The molecule has 6 heteroatoms. The Morgan fingerprint density at radius 3 is 1.16 bits per heavy atom. The van der Waals surface area contributed by atoms with E-state index in [9.17, 15) is 14.4 Å². The summed E-state index contributed by atoms with van der Waals surface area (Å²) in [7, 11) is 0. The minimum Gasteiger partial charge on any atom is -0.462 e. The Morgan fingerprint density at radius 2 is 0.705 bits per heavy atom. The summed E-state index contributed by atoms with van der Waals surface area (Å²) in [5, 5.41) is 0. The average Bonchev–Trinajstić information content (AvgIpc) is 3.26. The molecule has 0 saturated heterocycles. The van der Waals surface area contributed by atoms with Gasteiger partial charge in [-0.3, -0.25) is 14.4 Å². The summed E-state index contributed by atoms with van der Waals surface area (Å²) in [6, 6.07) is 0. The van der Waals surface area contributed by atoms with E-state index in [1.165, 1.54) is 57.8 Å². The summed E-state index contributed by atoms with van der Waals surface area (Å²) in [6.45, 7) is 6.35. The minimum absolute atomic E-state index is 0.110. The van der Waals surface area contributed by atoms with Crippen LogP contribution < -0.4 is 0 Å². The molecular formula is C55H90O6. The van der Waals surface area contributed by atoms with Crippen molar-refractivity contribution in [1.29, 1.82) is 0 Å². The highest BCUT2D eigenvalue weighted by Gasteiger charge is 2.19. The van der Waals surface area contributed by atoms with Crippen molar-refractivity contribution >= 4 is 17.9 Å². The predicted molar refractivity (Wildman–Crippen MR) is 260 cm³/mol. The molecule has 0 N–H and O–H groups in total. The zero-order valence-electron chi connectivity index (χ0n) is 39.4. The van der Waals surface area contributed by atoms with Gasteiger partial charge in [0.05, 0.1) is 0 Å². The van der Waals surface area contributed by atoms with Gasteiger partial charge in [-0.1, -0.05) is 189 Å². The Morgan fingerprint density at radius 1 is 0.344 bits per heavy atom. The molecule has 0 aromatic rings. The lowest BCUT2D eigenvalue weighted by atomic mass is 10.1. The quantitative estimate of drug-likeness (QED) is 0.0263. The molecule has 1 atom stereocenters. The maximum Gasteiger partial charge on any atom is 0.306 e. The molecule has 0 aliphatic heterocycles. The molecule has 0 radical (unpaired) electrons. The van der Waals surface area contributed by atoms with Gasteiger partial charge in [0.25, 0.3) is 0 Å². The Kier molecular flexibility index (Phi) is 46.0. The number of unbranched alkanes of at least 4 members (excludes halogenated alkanes) is 16. The highest BCUT2D eigenvalue weighted by atomic mass is 16.6. The molecule has 0 fully saturated rings. The third kappa shape index (κ3) is 47.2. The van der Waals surface area contributed by atoms with E-state index in [-0.39, 0.29) is 37.5 Å². The van der Waals surface area contributed by atoms with Crippen molar-refractivity contribution in [3.63, 3.8) is 0 Å². The average molecular weight is 847 g/mol. The fourth-order valence-electron chi connectivity index (χ4n) is 6.35. The SMILES string of the molecule is CC/C=C\C/C=C\C/C=C\C/C=C\C/C=C\C/C=C\CCC(=O)OCC(COC(=O)CCCCCCC/C=C\CCC)OC(=O)CCCCCCC/C=C\CCCCCCC. The second-order valence-electron chi connectivity index (χ2n) is 16.0. The van der Waals surface area contributed by atoms with Crippen molar-refractivity contribution < 1.29 is 28.6 Å². The third-order valence-electron chi connectivity index (χ3n) is 10.0. The number of carbonyl (C=O) groups excluding carboxylic acids is 3. The summed E-state index contributed by atoms with van der Waals surface area (Å²) >= 11 is 0. The van der Waals surface area contributed by atoms with Crippen LogP contribution in [0.3, 0.4) is 0 Å². The molecule has 6 nitrogen and oxygen atoms in total. The van der Waals surface area contributed by atoms with Crippen LogP contribution in [0.5, 0.6) is 0 Å². The Labute approximate surface area is 375 Å². The lowest BCUT2D eigenvalue weighted by Gasteiger charge is -2.18. The van der Waals surface area contributed by atoms with Crippen molar-refractivity contribution in [2.45, 2.75) is 219 Å². The lowest BCUT2D eigenvalue weighted by Crippen LogP contribution is -2.30. The van der Waals surface area contributed by atoms with Gasteiger partial charge in [0, 0.05) is 19.3 Å². The van der Waals surface area contributed by atoms with E-state index in [2.05, 4.69) is 106 Å². The number of hydrogen-bond donors (Lipinski definition) is 0. The van der Waals surface area contributed by atoms with E-state index in [1.54, 1.807) is 0 Å². The molecule has 0 saturated carbocycles. The van der Waals surface area contributed by atoms with Crippen LogP contribution in [0.25, 0.3) is 0 Å². The van der Waals surface area contributed by atoms with E-state index in [0.717, 1.165) is 109 Å². The molecule has 346 valence electrons. The van der Waals surface area contributed by atoms with Gasteiger partial charge in [-0.15, -0.1) is 0 Å². The standard InChI is InChI=1S/C55H90O6/c1-4-7-10-13-16-19-22-24-26-27-28-29-30-32-33-36-39-42-45-48-54(57)60-51-52(50-59-53(56)47-44-41-38-35-21-18-15-12-9-6-3)61-55(58)49-46-43-40-37-34-31-25-23-20-17-14-11-8-5-2/h7,10,12,15-16,19,23-26,28-29,32-33,39,42,52H,4-6,8-9,11,13-14,17-18,20-22,27,30-31,34-38,40-41,43-51H2,1-3H3/b10-7-,15-12-,19-16-,25-23-,26-24-,29-28-,33-32-,42-39-. The van der Waals surface area contributed by atoms with E-state index in [1.807, 2.05) is 12.2 Å². The van der Waals surface area contributed by atoms with Gasteiger partial charge in [-0.2, -0.15) is 0 Å². The zero-order valence-corrected chi connectivity index (χ0v) is 39.4. The van der Waals surface area contributed by atoms with Crippen molar-refractivity contribution in [2.75, 3.05) is 13.2 Å². The maximum atomic E-state index is 12.8. The van der Waals surface area contributed by atoms with Crippen LogP contribution in [0.1, 0.15) is 213 Å². The van der Waals surface area contributed by atoms with Crippen molar-refractivity contribution in [1.82, 2.24) is 0 Å². The number of rotatable bonds is 43. The van der Waals surface area contributed by atoms with E-state index < -0.39 is 6.10 Å². The maximum absolute atomic E-state index is 12.8. The van der Waals surface area contributed by atoms with E-state index in [0.29, 0.717) is 19.3 Å². The Hall–Kier alpha value is -3.67. The molecule has 0 amide bonds.